The van der Waals surface area contributed by atoms with Crippen LogP contribution in [0, 0.1) is 5.92 Å². The molecule has 0 atom stereocenters. The lowest BCUT2D eigenvalue weighted by Gasteiger charge is -2.35. The molecule has 0 saturated carbocycles. The highest BCUT2D eigenvalue weighted by molar-refractivity contribution is 6.04. The molecule has 2 aliphatic rings. The van der Waals surface area contributed by atoms with Gasteiger partial charge in [-0.05, 0) is 67.0 Å². The number of anilines is 3. The number of aryl methyl sites for hydroxylation is 1. The van der Waals surface area contributed by atoms with Crippen LogP contribution in [0.25, 0.3) is 0 Å². The van der Waals surface area contributed by atoms with Gasteiger partial charge in [-0.2, -0.15) is 0 Å². The molecule has 0 unspecified atom stereocenters. The number of rotatable bonds is 10. The van der Waals surface area contributed by atoms with Gasteiger partial charge in [0.2, 0.25) is 0 Å². The van der Waals surface area contributed by atoms with Gasteiger partial charge in [0.25, 0.3) is 5.91 Å². The second-order valence-corrected chi connectivity index (χ2v) is 11.2. The van der Waals surface area contributed by atoms with Crippen LogP contribution in [0.4, 0.5) is 21.9 Å². The summed E-state index contributed by atoms with van der Waals surface area (Å²) in [5.41, 5.74) is 5.33. The second-order valence-electron chi connectivity index (χ2n) is 11.2. The van der Waals surface area contributed by atoms with Crippen molar-refractivity contribution in [3.8, 4) is 0 Å². The number of carbonyl (C=O) groups is 2. The highest BCUT2D eigenvalue weighted by atomic mass is 16.5. The van der Waals surface area contributed by atoms with Gasteiger partial charge in [0.15, 0.2) is 0 Å². The van der Waals surface area contributed by atoms with Crippen LogP contribution in [0.1, 0.15) is 41.3 Å². The maximum absolute atomic E-state index is 13.6. The number of hydrogen-bond acceptors (Lipinski definition) is 5. The lowest BCUT2D eigenvalue weighted by molar-refractivity contribution is 0.0383. The van der Waals surface area contributed by atoms with Gasteiger partial charge in [0.1, 0.15) is 0 Å². The predicted molar refractivity (Wildman–Crippen MR) is 170 cm³/mol. The van der Waals surface area contributed by atoms with Gasteiger partial charge < -0.3 is 25.6 Å². The van der Waals surface area contributed by atoms with Crippen molar-refractivity contribution in [2.45, 2.75) is 32.6 Å². The zero-order chi connectivity index (χ0) is 29.1. The van der Waals surface area contributed by atoms with E-state index in [2.05, 4.69) is 63.0 Å². The number of hydrogen-bond donors (Lipinski definition) is 3. The van der Waals surface area contributed by atoms with E-state index in [1.165, 1.54) is 5.56 Å². The molecule has 8 nitrogen and oxygen atoms in total. The minimum atomic E-state index is -0.330. The molecular weight excluding hydrogens is 526 g/mol. The van der Waals surface area contributed by atoms with Crippen LogP contribution in [0.2, 0.25) is 0 Å². The molecule has 0 spiro atoms. The van der Waals surface area contributed by atoms with Crippen LogP contribution in [0.3, 0.4) is 0 Å². The van der Waals surface area contributed by atoms with Gasteiger partial charge >= 0.3 is 6.03 Å². The van der Waals surface area contributed by atoms with Crippen molar-refractivity contribution in [2.75, 3.05) is 68.0 Å². The van der Waals surface area contributed by atoms with Crippen molar-refractivity contribution in [1.29, 1.82) is 0 Å². The summed E-state index contributed by atoms with van der Waals surface area (Å²) in [4.78, 5) is 31.1. The molecule has 42 heavy (non-hydrogen) atoms. The van der Waals surface area contributed by atoms with Crippen LogP contribution in [0.5, 0.6) is 0 Å². The molecule has 222 valence electrons. The first kappa shape index (κ1) is 29.6. The summed E-state index contributed by atoms with van der Waals surface area (Å²) in [5, 5.41) is 9.02. The highest BCUT2D eigenvalue weighted by Crippen LogP contribution is 2.30. The Morgan fingerprint density at radius 1 is 0.881 bits per heavy atom. The Kier molecular flexibility index (Phi) is 10.5. The lowest BCUT2D eigenvalue weighted by Crippen LogP contribution is -2.41. The maximum atomic E-state index is 13.6. The molecule has 0 radical (unpaired) electrons. The molecule has 0 aliphatic carbocycles. The van der Waals surface area contributed by atoms with Gasteiger partial charge in [0.05, 0.1) is 18.8 Å². The fourth-order valence-corrected chi connectivity index (χ4v) is 5.88. The van der Waals surface area contributed by atoms with Crippen molar-refractivity contribution in [3.63, 3.8) is 0 Å². The number of amides is 3. The van der Waals surface area contributed by atoms with Crippen molar-refractivity contribution >= 4 is 29.0 Å². The Bertz CT molecular complexity index is 1320. The minimum Gasteiger partial charge on any atom is -0.379 e. The van der Waals surface area contributed by atoms with E-state index in [1.807, 2.05) is 36.4 Å². The lowest BCUT2D eigenvalue weighted by atomic mass is 9.89. The van der Waals surface area contributed by atoms with Crippen molar-refractivity contribution < 1.29 is 14.3 Å². The third-order valence-corrected chi connectivity index (χ3v) is 8.29. The SMILES string of the molecule is CCc1ccccc1NC(=O)Nc1ccc(N2CCC(Cc3ccccc3)CC2)c(C(=O)NCCN2CCOCC2)c1. The number of nitrogens with zero attached hydrogens (tertiary/aromatic N) is 2. The van der Waals surface area contributed by atoms with Crippen molar-refractivity contribution in [3.05, 3.63) is 89.5 Å². The van der Waals surface area contributed by atoms with E-state index in [4.69, 9.17) is 4.74 Å². The van der Waals surface area contributed by atoms with Gasteiger partial charge in [0, 0.05) is 56.3 Å². The van der Waals surface area contributed by atoms with E-state index in [-0.39, 0.29) is 11.9 Å². The first-order valence-corrected chi connectivity index (χ1v) is 15.3. The molecule has 5 rings (SSSR count). The molecule has 2 fully saturated rings. The average Bonchev–Trinajstić information content (AvgIpc) is 3.03. The molecule has 0 bridgehead atoms. The van der Waals surface area contributed by atoms with Crippen LogP contribution in [0.15, 0.2) is 72.8 Å². The molecule has 2 aliphatic heterocycles. The summed E-state index contributed by atoms with van der Waals surface area (Å²) < 4.78 is 5.44. The number of piperidine rings is 1. The first-order valence-electron chi connectivity index (χ1n) is 15.3. The number of ether oxygens (including phenoxy) is 1. The van der Waals surface area contributed by atoms with E-state index in [0.29, 0.717) is 23.7 Å². The highest BCUT2D eigenvalue weighted by Gasteiger charge is 2.24. The fourth-order valence-electron chi connectivity index (χ4n) is 5.88. The van der Waals surface area contributed by atoms with E-state index in [1.54, 1.807) is 6.07 Å². The van der Waals surface area contributed by atoms with Crippen molar-refractivity contribution in [1.82, 2.24) is 10.2 Å². The van der Waals surface area contributed by atoms with E-state index < -0.39 is 0 Å². The van der Waals surface area contributed by atoms with Gasteiger partial charge in [-0.25, -0.2) is 4.79 Å². The maximum Gasteiger partial charge on any atom is 0.323 e. The van der Waals surface area contributed by atoms with Crippen LogP contribution < -0.4 is 20.9 Å². The Morgan fingerprint density at radius 2 is 1.62 bits per heavy atom. The fraction of sp³-hybridized carbons (Fsp3) is 0.412. The van der Waals surface area contributed by atoms with Crippen LogP contribution >= 0.6 is 0 Å². The summed E-state index contributed by atoms with van der Waals surface area (Å²) >= 11 is 0. The topological polar surface area (TPSA) is 85.9 Å². The smallest absolute Gasteiger partial charge is 0.323 e. The average molecular weight is 570 g/mol. The summed E-state index contributed by atoms with van der Waals surface area (Å²) in [7, 11) is 0. The number of carbonyl (C=O) groups excluding carboxylic acids is 2. The van der Waals surface area contributed by atoms with E-state index in [0.717, 1.165) is 88.6 Å². The quantitative estimate of drug-likeness (QED) is 0.304. The van der Waals surface area contributed by atoms with Gasteiger partial charge in [-0.3, -0.25) is 9.69 Å². The Morgan fingerprint density at radius 3 is 2.38 bits per heavy atom. The second kappa shape index (κ2) is 14.8. The normalized spacial score (nSPS) is 16.2. The molecular formula is C34H43N5O3. The van der Waals surface area contributed by atoms with Crippen molar-refractivity contribution in [2.24, 2.45) is 5.92 Å². The molecule has 2 saturated heterocycles. The third-order valence-electron chi connectivity index (χ3n) is 8.29. The predicted octanol–water partition coefficient (Wildman–Crippen LogP) is 5.41. The number of benzene rings is 3. The molecule has 3 aromatic carbocycles. The van der Waals surface area contributed by atoms with Gasteiger partial charge in [-0.15, -0.1) is 0 Å². The summed E-state index contributed by atoms with van der Waals surface area (Å²) in [6.07, 6.45) is 4.06. The number of morpholine rings is 1. The summed E-state index contributed by atoms with van der Waals surface area (Å²) in [5.74, 6) is 0.509. The zero-order valence-electron chi connectivity index (χ0n) is 24.6. The molecule has 3 aromatic rings. The van der Waals surface area contributed by atoms with Crippen LogP contribution in [-0.4, -0.2) is 69.3 Å². The Balaban J connectivity index is 1.27. The van der Waals surface area contributed by atoms with E-state index >= 15 is 0 Å². The third kappa shape index (κ3) is 8.11. The number of para-hydroxylation sites is 1. The monoisotopic (exact) mass is 569 g/mol. The summed E-state index contributed by atoms with van der Waals surface area (Å²) in [6.45, 7) is 8.43. The molecule has 3 N–H and O–H groups in total. The minimum absolute atomic E-state index is 0.120. The zero-order valence-corrected chi connectivity index (χ0v) is 24.6. The molecule has 2 heterocycles. The van der Waals surface area contributed by atoms with Gasteiger partial charge in [-0.1, -0.05) is 55.5 Å². The van der Waals surface area contributed by atoms with Crippen LogP contribution in [-0.2, 0) is 17.6 Å². The molecule has 8 heteroatoms. The first-order chi connectivity index (χ1) is 20.6. The number of nitrogens with one attached hydrogen (secondary N) is 3. The largest absolute Gasteiger partial charge is 0.379 e. The summed E-state index contributed by atoms with van der Waals surface area (Å²) in [6, 6.07) is 23.8. The Hall–Kier alpha value is -3.88. The van der Waals surface area contributed by atoms with E-state index in [9.17, 15) is 9.59 Å². The molecule has 3 amide bonds. The molecule has 0 aromatic heterocycles. The number of urea groups is 1. The standard InChI is InChI=1S/C34H43N5O3/c1-2-28-10-6-7-11-31(28)37-34(41)36-29-12-13-32(30(25-29)33(40)35-16-19-38-20-22-42-23-21-38)39-17-14-27(15-18-39)24-26-8-4-3-5-9-26/h3-13,25,27H,2,14-24H2,1H3,(H,35,40)(H2,36,37,41). The Labute approximate surface area is 249 Å².